The number of rotatable bonds is 3. The fraction of sp³-hybridized carbons (Fsp3) is 0.200. The summed E-state index contributed by atoms with van der Waals surface area (Å²) in [6, 6.07) is 11.9. The molecule has 2 rings (SSSR count). The Balaban J connectivity index is 2.09. The molecule has 0 aliphatic heterocycles. The second kappa shape index (κ2) is 5.77. The molecule has 0 saturated carbocycles. The SMILES string of the molecule is Cc1ccc(COc2ccc(Br)c(C)c2)c(Cl)c1. The lowest BCUT2D eigenvalue weighted by Gasteiger charge is -2.09. The molecule has 18 heavy (non-hydrogen) atoms. The highest BCUT2D eigenvalue weighted by atomic mass is 79.9. The zero-order chi connectivity index (χ0) is 13.1. The van der Waals surface area contributed by atoms with Crippen LogP contribution in [0.5, 0.6) is 5.75 Å². The molecule has 0 bridgehead atoms. The summed E-state index contributed by atoms with van der Waals surface area (Å²) in [7, 11) is 0. The van der Waals surface area contributed by atoms with Crippen molar-refractivity contribution in [2.24, 2.45) is 0 Å². The molecule has 0 fully saturated rings. The largest absolute Gasteiger partial charge is 0.489 e. The highest BCUT2D eigenvalue weighted by Gasteiger charge is 2.03. The Morgan fingerprint density at radius 1 is 1.11 bits per heavy atom. The Morgan fingerprint density at radius 2 is 1.89 bits per heavy atom. The van der Waals surface area contributed by atoms with Crippen LogP contribution in [0.15, 0.2) is 40.9 Å². The maximum absolute atomic E-state index is 6.16. The van der Waals surface area contributed by atoms with Crippen LogP contribution in [0.2, 0.25) is 5.02 Å². The Morgan fingerprint density at radius 3 is 2.56 bits per heavy atom. The average Bonchev–Trinajstić information content (AvgIpc) is 2.32. The summed E-state index contributed by atoms with van der Waals surface area (Å²) in [4.78, 5) is 0. The van der Waals surface area contributed by atoms with Crippen molar-refractivity contribution in [3.05, 3.63) is 62.6 Å². The summed E-state index contributed by atoms with van der Waals surface area (Å²) in [5, 5.41) is 0.754. The van der Waals surface area contributed by atoms with Gasteiger partial charge in [0.05, 0.1) is 0 Å². The van der Waals surface area contributed by atoms with E-state index in [1.165, 1.54) is 0 Å². The van der Waals surface area contributed by atoms with E-state index < -0.39 is 0 Å². The standard InChI is InChI=1S/C15H14BrClO/c1-10-3-4-12(15(17)7-10)9-18-13-5-6-14(16)11(2)8-13/h3-8H,9H2,1-2H3. The number of halogens is 2. The van der Waals surface area contributed by atoms with Gasteiger partial charge in [0, 0.05) is 15.1 Å². The van der Waals surface area contributed by atoms with Gasteiger partial charge in [0.1, 0.15) is 12.4 Å². The first kappa shape index (κ1) is 13.4. The second-order valence-electron chi connectivity index (χ2n) is 4.29. The van der Waals surface area contributed by atoms with Crippen molar-refractivity contribution in [2.75, 3.05) is 0 Å². The Hall–Kier alpha value is -0.990. The molecule has 3 heteroatoms. The van der Waals surface area contributed by atoms with Crippen LogP contribution >= 0.6 is 27.5 Å². The average molecular weight is 326 g/mol. The summed E-state index contributed by atoms with van der Waals surface area (Å²) < 4.78 is 6.83. The molecule has 1 nitrogen and oxygen atoms in total. The Labute approximate surface area is 121 Å². The van der Waals surface area contributed by atoms with E-state index in [4.69, 9.17) is 16.3 Å². The lowest BCUT2D eigenvalue weighted by Crippen LogP contribution is -1.97. The van der Waals surface area contributed by atoms with Crippen LogP contribution in [0, 0.1) is 13.8 Å². The Kier molecular flexibility index (Phi) is 4.31. The first-order valence-electron chi connectivity index (χ1n) is 5.70. The molecule has 0 heterocycles. The zero-order valence-electron chi connectivity index (χ0n) is 10.3. The van der Waals surface area contributed by atoms with Crippen molar-refractivity contribution < 1.29 is 4.74 Å². The lowest BCUT2D eigenvalue weighted by molar-refractivity contribution is 0.306. The maximum Gasteiger partial charge on any atom is 0.120 e. The van der Waals surface area contributed by atoms with Crippen LogP contribution in [-0.4, -0.2) is 0 Å². The van der Waals surface area contributed by atoms with Gasteiger partial charge >= 0.3 is 0 Å². The molecule has 0 atom stereocenters. The number of hydrogen-bond acceptors (Lipinski definition) is 1. The third-order valence-corrected chi connectivity index (χ3v) is 3.97. The van der Waals surface area contributed by atoms with Gasteiger partial charge in [-0.2, -0.15) is 0 Å². The predicted molar refractivity (Wildman–Crippen MR) is 79.4 cm³/mol. The first-order valence-corrected chi connectivity index (χ1v) is 6.87. The van der Waals surface area contributed by atoms with E-state index in [2.05, 4.69) is 15.9 Å². The summed E-state index contributed by atoms with van der Waals surface area (Å²) in [5.41, 5.74) is 3.31. The fourth-order valence-corrected chi connectivity index (χ4v) is 2.17. The molecule has 0 aliphatic rings. The molecule has 0 saturated heterocycles. The highest BCUT2D eigenvalue weighted by Crippen LogP contribution is 2.24. The highest BCUT2D eigenvalue weighted by molar-refractivity contribution is 9.10. The van der Waals surface area contributed by atoms with Gasteiger partial charge < -0.3 is 4.74 Å². The van der Waals surface area contributed by atoms with Crippen LogP contribution < -0.4 is 4.74 Å². The molecule has 0 amide bonds. The van der Waals surface area contributed by atoms with E-state index in [9.17, 15) is 0 Å². The lowest BCUT2D eigenvalue weighted by atomic mass is 10.1. The molecule has 0 radical (unpaired) electrons. The topological polar surface area (TPSA) is 9.23 Å². The molecule has 0 aromatic heterocycles. The van der Waals surface area contributed by atoms with Crippen molar-refractivity contribution in [3.63, 3.8) is 0 Å². The van der Waals surface area contributed by atoms with E-state index in [1.54, 1.807) is 0 Å². The maximum atomic E-state index is 6.16. The van der Waals surface area contributed by atoms with E-state index in [-0.39, 0.29) is 0 Å². The molecule has 2 aromatic rings. The van der Waals surface area contributed by atoms with Crippen molar-refractivity contribution in [1.29, 1.82) is 0 Å². The van der Waals surface area contributed by atoms with E-state index in [1.807, 2.05) is 50.2 Å². The van der Waals surface area contributed by atoms with Crippen LogP contribution in [0.25, 0.3) is 0 Å². The van der Waals surface area contributed by atoms with Crippen LogP contribution in [0.4, 0.5) is 0 Å². The van der Waals surface area contributed by atoms with E-state index in [0.29, 0.717) is 6.61 Å². The molecule has 2 aromatic carbocycles. The van der Waals surface area contributed by atoms with Crippen LogP contribution in [0.3, 0.4) is 0 Å². The van der Waals surface area contributed by atoms with Crippen LogP contribution in [-0.2, 0) is 6.61 Å². The van der Waals surface area contributed by atoms with Gasteiger partial charge in [-0.1, -0.05) is 39.7 Å². The third kappa shape index (κ3) is 3.27. The third-order valence-electron chi connectivity index (χ3n) is 2.73. The summed E-state index contributed by atoms with van der Waals surface area (Å²) in [6.45, 7) is 4.55. The Bertz CT molecular complexity index is 566. The predicted octanol–water partition coefficient (Wildman–Crippen LogP) is 5.30. The molecule has 0 unspecified atom stereocenters. The van der Waals surface area contributed by atoms with Gasteiger partial charge in [-0.3, -0.25) is 0 Å². The van der Waals surface area contributed by atoms with Gasteiger partial charge in [-0.15, -0.1) is 0 Å². The normalized spacial score (nSPS) is 10.4. The van der Waals surface area contributed by atoms with Gasteiger partial charge in [0.25, 0.3) is 0 Å². The molecule has 0 N–H and O–H groups in total. The number of aryl methyl sites for hydroxylation is 2. The molecular formula is C15H14BrClO. The first-order chi connectivity index (χ1) is 8.56. The van der Waals surface area contributed by atoms with Crippen molar-refractivity contribution in [1.82, 2.24) is 0 Å². The van der Waals surface area contributed by atoms with Crippen molar-refractivity contribution in [2.45, 2.75) is 20.5 Å². The summed E-state index contributed by atoms with van der Waals surface area (Å²) in [5.74, 6) is 0.854. The number of hydrogen-bond donors (Lipinski definition) is 0. The smallest absolute Gasteiger partial charge is 0.120 e. The van der Waals surface area contributed by atoms with Gasteiger partial charge in [-0.25, -0.2) is 0 Å². The van der Waals surface area contributed by atoms with E-state index in [0.717, 1.165) is 31.9 Å². The van der Waals surface area contributed by atoms with Gasteiger partial charge in [0.15, 0.2) is 0 Å². The van der Waals surface area contributed by atoms with Crippen molar-refractivity contribution in [3.8, 4) is 5.75 Å². The minimum absolute atomic E-state index is 0.486. The minimum atomic E-state index is 0.486. The monoisotopic (exact) mass is 324 g/mol. The van der Waals surface area contributed by atoms with Crippen LogP contribution in [0.1, 0.15) is 16.7 Å². The number of benzene rings is 2. The van der Waals surface area contributed by atoms with Gasteiger partial charge in [-0.05, 0) is 49.2 Å². The summed E-state index contributed by atoms with van der Waals surface area (Å²) in [6.07, 6.45) is 0. The molecular weight excluding hydrogens is 312 g/mol. The van der Waals surface area contributed by atoms with Crippen molar-refractivity contribution >= 4 is 27.5 Å². The fourth-order valence-electron chi connectivity index (χ4n) is 1.64. The summed E-state index contributed by atoms with van der Waals surface area (Å²) >= 11 is 9.63. The zero-order valence-corrected chi connectivity index (χ0v) is 12.7. The number of ether oxygens (including phenoxy) is 1. The molecule has 0 spiro atoms. The van der Waals surface area contributed by atoms with Gasteiger partial charge in [0.2, 0.25) is 0 Å². The van der Waals surface area contributed by atoms with E-state index >= 15 is 0 Å². The molecule has 0 aliphatic carbocycles. The molecule has 94 valence electrons. The second-order valence-corrected chi connectivity index (χ2v) is 5.56. The quantitative estimate of drug-likeness (QED) is 0.744. The minimum Gasteiger partial charge on any atom is -0.489 e.